The summed E-state index contributed by atoms with van der Waals surface area (Å²) in [4.78, 5) is 20.0. The second-order valence-corrected chi connectivity index (χ2v) is 4.70. The summed E-state index contributed by atoms with van der Waals surface area (Å²) >= 11 is 0. The third-order valence-electron chi connectivity index (χ3n) is 2.87. The van der Waals surface area contributed by atoms with Gasteiger partial charge in [0.05, 0.1) is 0 Å². The molecule has 0 aliphatic rings. The average molecular weight is 313 g/mol. The third kappa shape index (κ3) is 3.67. The Bertz CT molecular complexity index is 849. The summed E-state index contributed by atoms with van der Waals surface area (Å²) in [6.45, 7) is 1.72. The minimum atomic E-state index is -0.456. The monoisotopic (exact) mass is 313 g/mol. The summed E-state index contributed by atoms with van der Waals surface area (Å²) in [5.74, 6) is 0.417. The van der Waals surface area contributed by atoms with E-state index in [0.717, 1.165) is 0 Å². The van der Waals surface area contributed by atoms with Crippen molar-refractivity contribution in [2.45, 2.75) is 6.92 Å². The van der Waals surface area contributed by atoms with Gasteiger partial charge in [-0.25, -0.2) is 14.4 Å². The zero-order chi connectivity index (χ0) is 16.2. The molecule has 1 amide bonds. The first-order chi connectivity index (χ1) is 11.1. The molecule has 0 atom stereocenters. The van der Waals surface area contributed by atoms with Crippen molar-refractivity contribution in [2.24, 2.45) is 0 Å². The summed E-state index contributed by atoms with van der Waals surface area (Å²) in [7, 11) is 0. The number of benzene rings is 1. The highest BCUT2D eigenvalue weighted by Crippen LogP contribution is 2.16. The van der Waals surface area contributed by atoms with Crippen LogP contribution in [0.5, 0.6) is 0 Å². The standard InChI is InChI=1S/C15H12FN5O2/c1-9-5-14(21-23-9)20-15(22)12-7-13(18-8-17-12)19-11-4-2-3-10(16)6-11/h2-8H,1H3,(H,17,18,19)(H,20,21,22). The predicted molar refractivity (Wildman–Crippen MR) is 80.9 cm³/mol. The maximum atomic E-state index is 13.2. The molecule has 0 saturated heterocycles. The van der Waals surface area contributed by atoms with E-state index in [1.165, 1.54) is 24.5 Å². The van der Waals surface area contributed by atoms with Crippen molar-refractivity contribution in [1.29, 1.82) is 0 Å². The first kappa shape index (κ1) is 14.6. The molecule has 116 valence electrons. The van der Waals surface area contributed by atoms with Crippen LogP contribution in [0.25, 0.3) is 0 Å². The van der Waals surface area contributed by atoms with Crippen LogP contribution in [-0.2, 0) is 0 Å². The molecule has 0 radical (unpaired) electrons. The Hall–Kier alpha value is -3.29. The highest BCUT2D eigenvalue weighted by Gasteiger charge is 2.11. The van der Waals surface area contributed by atoms with Gasteiger partial charge in [0.25, 0.3) is 5.91 Å². The molecule has 8 heteroatoms. The third-order valence-corrected chi connectivity index (χ3v) is 2.87. The maximum Gasteiger partial charge on any atom is 0.275 e. The lowest BCUT2D eigenvalue weighted by Gasteiger charge is -2.06. The van der Waals surface area contributed by atoms with Gasteiger partial charge in [-0.3, -0.25) is 4.79 Å². The van der Waals surface area contributed by atoms with E-state index in [2.05, 4.69) is 25.8 Å². The van der Waals surface area contributed by atoms with Gasteiger partial charge >= 0.3 is 0 Å². The van der Waals surface area contributed by atoms with Gasteiger partial charge in [-0.05, 0) is 25.1 Å². The van der Waals surface area contributed by atoms with Crippen molar-refractivity contribution in [1.82, 2.24) is 15.1 Å². The Balaban J connectivity index is 1.75. The minimum Gasteiger partial charge on any atom is -0.360 e. The van der Waals surface area contributed by atoms with Gasteiger partial charge in [0.15, 0.2) is 5.82 Å². The van der Waals surface area contributed by atoms with Gasteiger partial charge in [0.2, 0.25) is 0 Å². The van der Waals surface area contributed by atoms with Crippen LogP contribution in [0.2, 0.25) is 0 Å². The van der Waals surface area contributed by atoms with E-state index in [9.17, 15) is 9.18 Å². The number of nitrogens with one attached hydrogen (secondary N) is 2. The van der Waals surface area contributed by atoms with Gasteiger partial charge < -0.3 is 15.2 Å². The Morgan fingerprint density at radius 1 is 1.17 bits per heavy atom. The molecular formula is C15H12FN5O2. The van der Waals surface area contributed by atoms with Crippen molar-refractivity contribution in [3.63, 3.8) is 0 Å². The lowest BCUT2D eigenvalue weighted by molar-refractivity contribution is 0.102. The number of carbonyl (C=O) groups excluding carboxylic acids is 1. The predicted octanol–water partition coefficient (Wildman–Crippen LogP) is 2.91. The first-order valence-corrected chi connectivity index (χ1v) is 6.69. The minimum absolute atomic E-state index is 0.138. The van der Waals surface area contributed by atoms with Crippen molar-refractivity contribution >= 4 is 23.2 Å². The number of hydrogen-bond acceptors (Lipinski definition) is 6. The molecule has 7 nitrogen and oxygen atoms in total. The van der Waals surface area contributed by atoms with Crippen LogP contribution in [-0.4, -0.2) is 21.0 Å². The second kappa shape index (κ2) is 6.22. The van der Waals surface area contributed by atoms with E-state index in [4.69, 9.17) is 4.52 Å². The Kier molecular flexibility index (Phi) is 3.96. The lowest BCUT2D eigenvalue weighted by Crippen LogP contribution is -2.14. The van der Waals surface area contributed by atoms with Crippen LogP contribution in [0.15, 0.2) is 47.2 Å². The molecule has 2 heterocycles. The molecule has 0 aliphatic heterocycles. The number of aryl methyl sites for hydroxylation is 1. The number of halogens is 1. The van der Waals surface area contributed by atoms with E-state index in [1.54, 1.807) is 25.1 Å². The highest BCUT2D eigenvalue weighted by molar-refractivity contribution is 6.02. The van der Waals surface area contributed by atoms with Crippen LogP contribution in [0.3, 0.4) is 0 Å². The van der Waals surface area contributed by atoms with Gasteiger partial charge in [0.1, 0.15) is 29.4 Å². The topological polar surface area (TPSA) is 92.9 Å². The van der Waals surface area contributed by atoms with E-state index in [0.29, 0.717) is 23.1 Å². The Labute approximate surface area is 130 Å². The van der Waals surface area contributed by atoms with Gasteiger partial charge in [-0.15, -0.1) is 0 Å². The number of amides is 1. The molecule has 3 rings (SSSR count). The first-order valence-electron chi connectivity index (χ1n) is 6.69. The number of carbonyl (C=O) groups is 1. The lowest BCUT2D eigenvalue weighted by atomic mass is 10.3. The quantitative estimate of drug-likeness (QED) is 0.769. The second-order valence-electron chi connectivity index (χ2n) is 4.70. The fraction of sp³-hybridized carbons (Fsp3) is 0.0667. The number of aromatic nitrogens is 3. The largest absolute Gasteiger partial charge is 0.360 e. The van der Waals surface area contributed by atoms with Crippen molar-refractivity contribution in [2.75, 3.05) is 10.6 Å². The van der Waals surface area contributed by atoms with Gasteiger partial charge in [-0.2, -0.15) is 0 Å². The number of hydrogen-bond donors (Lipinski definition) is 2. The molecule has 1 aromatic carbocycles. The van der Waals surface area contributed by atoms with Crippen LogP contribution in [0.4, 0.5) is 21.7 Å². The zero-order valence-electron chi connectivity index (χ0n) is 12.1. The molecule has 0 spiro atoms. The molecule has 0 saturated carbocycles. The molecule has 0 aliphatic carbocycles. The van der Waals surface area contributed by atoms with E-state index in [1.807, 2.05) is 0 Å². The Morgan fingerprint density at radius 3 is 2.78 bits per heavy atom. The molecule has 3 aromatic rings. The number of anilines is 3. The SMILES string of the molecule is Cc1cc(NC(=O)c2cc(Nc3cccc(F)c3)ncn2)no1. The summed E-state index contributed by atoms with van der Waals surface area (Å²) in [6.07, 6.45) is 1.24. The molecule has 23 heavy (non-hydrogen) atoms. The van der Waals surface area contributed by atoms with Crippen molar-refractivity contribution < 1.29 is 13.7 Å². The smallest absolute Gasteiger partial charge is 0.275 e. The number of rotatable bonds is 4. The van der Waals surface area contributed by atoms with Crippen molar-refractivity contribution in [3.05, 3.63) is 60.0 Å². The normalized spacial score (nSPS) is 10.3. The summed E-state index contributed by atoms with van der Waals surface area (Å²) in [5, 5.41) is 9.13. The molecule has 2 N–H and O–H groups in total. The molecule has 0 unspecified atom stereocenters. The summed E-state index contributed by atoms with van der Waals surface area (Å²) in [6, 6.07) is 8.95. The number of nitrogens with zero attached hydrogens (tertiary/aromatic N) is 3. The van der Waals surface area contributed by atoms with Gasteiger partial charge in [0, 0.05) is 17.8 Å². The fourth-order valence-corrected chi connectivity index (χ4v) is 1.87. The fourth-order valence-electron chi connectivity index (χ4n) is 1.87. The Morgan fingerprint density at radius 2 is 2.04 bits per heavy atom. The van der Waals surface area contributed by atoms with Crippen LogP contribution >= 0.6 is 0 Å². The van der Waals surface area contributed by atoms with Crippen LogP contribution in [0, 0.1) is 12.7 Å². The maximum absolute atomic E-state index is 13.2. The van der Waals surface area contributed by atoms with E-state index < -0.39 is 5.91 Å². The molecule has 0 bridgehead atoms. The summed E-state index contributed by atoms with van der Waals surface area (Å²) in [5.41, 5.74) is 0.654. The molecular weight excluding hydrogens is 301 g/mol. The summed E-state index contributed by atoms with van der Waals surface area (Å²) < 4.78 is 18.0. The zero-order valence-corrected chi connectivity index (χ0v) is 12.1. The van der Waals surface area contributed by atoms with Crippen LogP contribution in [0.1, 0.15) is 16.2 Å². The van der Waals surface area contributed by atoms with E-state index >= 15 is 0 Å². The van der Waals surface area contributed by atoms with Crippen molar-refractivity contribution in [3.8, 4) is 0 Å². The average Bonchev–Trinajstić information content (AvgIpc) is 2.92. The molecule has 0 fully saturated rings. The highest BCUT2D eigenvalue weighted by atomic mass is 19.1. The van der Waals surface area contributed by atoms with Crippen LogP contribution < -0.4 is 10.6 Å². The van der Waals surface area contributed by atoms with E-state index in [-0.39, 0.29) is 11.5 Å². The van der Waals surface area contributed by atoms with Gasteiger partial charge in [-0.1, -0.05) is 11.2 Å². The molecule has 2 aromatic heterocycles.